The van der Waals surface area contributed by atoms with Gasteiger partial charge in [0.15, 0.2) is 11.5 Å². The molecule has 52 heavy (non-hydrogen) atoms. The van der Waals surface area contributed by atoms with Gasteiger partial charge < -0.3 is 16.0 Å². The van der Waals surface area contributed by atoms with Gasteiger partial charge in [0.05, 0.1) is 5.69 Å². The Morgan fingerprint density at radius 3 is 1.87 bits per heavy atom. The van der Waals surface area contributed by atoms with Crippen molar-refractivity contribution in [2.75, 3.05) is 23.7 Å². The summed E-state index contributed by atoms with van der Waals surface area (Å²) in [7, 11) is -4.00. The second kappa shape index (κ2) is 20.7. The van der Waals surface area contributed by atoms with Crippen molar-refractivity contribution in [2.24, 2.45) is 0 Å². The fourth-order valence-corrected chi connectivity index (χ4v) is 7.50. The van der Waals surface area contributed by atoms with Crippen LogP contribution in [-0.4, -0.2) is 53.3 Å². The summed E-state index contributed by atoms with van der Waals surface area (Å²) in [6.45, 7) is 14.3. The summed E-state index contributed by atoms with van der Waals surface area (Å²) in [6, 6.07) is 5.79. The number of H-pyrrole nitrogens is 1. The second-order valence-corrected chi connectivity index (χ2v) is 17.7. The molecule has 0 saturated heterocycles. The maximum Gasteiger partial charge on any atom is 0.319 e. The zero-order chi connectivity index (χ0) is 38.2. The van der Waals surface area contributed by atoms with Crippen LogP contribution in [0.5, 0.6) is 0 Å². The fraction of sp³-hybridized carbons (Fsp3) is 0.692. The van der Waals surface area contributed by atoms with E-state index >= 15 is 0 Å². The van der Waals surface area contributed by atoms with Gasteiger partial charge >= 0.3 is 6.03 Å². The maximum atomic E-state index is 13.5. The average molecular weight is 743 g/mol. The van der Waals surface area contributed by atoms with Crippen molar-refractivity contribution in [1.29, 1.82) is 0 Å². The molecular formula is C39H66N8O4S. The van der Waals surface area contributed by atoms with E-state index in [2.05, 4.69) is 63.7 Å². The number of fused-ring (bicyclic) bond motifs is 1. The lowest BCUT2D eigenvalue weighted by atomic mass is 9.92. The molecule has 3 aromatic rings. The quantitative estimate of drug-likeness (QED) is 0.0576. The fourth-order valence-electron chi connectivity index (χ4n) is 6.24. The van der Waals surface area contributed by atoms with E-state index in [1.54, 1.807) is 6.07 Å². The van der Waals surface area contributed by atoms with E-state index in [4.69, 9.17) is 0 Å². The maximum absolute atomic E-state index is 13.5. The summed E-state index contributed by atoms with van der Waals surface area (Å²) < 4.78 is 31.5. The normalized spacial score (nSPS) is 12.4. The van der Waals surface area contributed by atoms with Gasteiger partial charge in [-0.25, -0.2) is 22.4 Å². The number of benzene rings is 1. The van der Waals surface area contributed by atoms with Crippen LogP contribution in [0.15, 0.2) is 29.2 Å². The third-order valence-electron chi connectivity index (χ3n) is 9.46. The van der Waals surface area contributed by atoms with Crippen LogP contribution in [0, 0.1) is 0 Å². The molecule has 0 aliphatic heterocycles. The molecule has 0 fully saturated rings. The van der Waals surface area contributed by atoms with Gasteiger partial charge in [-0.1, -0.05) is 138 Å². The summed E-state index contributed by atoms with van der Waals surface area (Å²) in [5.41, 5.74) is 1.41. The molecule has 0 bridgehead atoms. The highest BCUT2D eigenvalue weighted by Crippen LogP contribution is 2.28. The number of anilines is 2. The summed E-state index contributed by atoms with van der Waals surface area (Å²) in [5.74, 6) is 0.323. The zero-order valence-corrected chi connectivity index (χ0v) is 33.7. The number of carbonyl (C=O) groups is 2. The predicted octanol–water partition coefficient (Wildman–Crippen LogP) is 8.95. The molecule has 3 rings (SSSR count). The lowest BCUT2D eigenvalue weighted by Gasteiger charge is -2.23. The highest BCUT2D eigenvalue weighted by Gasteiger charge is 2.30. The molecule has 0 aliphatic carbocycles. The first-order chi connectivity index (χ1) is 24.6. The molecule has 0 saturated carbocycles. The molecule has 0 atom stereocenters. The van der Waals surface area contributed by atoms with E-state index in [-0.39, 0.29) is 35.0 Å². The van der Waals surface area contributed by atoms with E-state index in [0.29, 0.717) is 17.2 Å². The molecule has 3 amide bonds. The van der Waals surface area contributed by atoms with Crippen LogP contribution in [0.1, 0.15) is 163 Å². The van der Waals surface area contributed by atoms with Crippen molar-refractivity contribution in [3.05, 3.63) is 35.8 Å². The molecule has 0 aliphatic rings. The number of nitrogens with zero attached hydrogens (tertiary/aromatic N) is 3. The zero-order valence-electron chi connectivity index (χ0n) is 32.9. The number of urea groups is 1. The first-order valence-electron chi connectivity index (χ1n) is 19.6. The van der Waals surface area contributed by atoms with Gasteiger partial charge in [-0.3, -0.25) is 9.89 Å². The number of hydrogen-bond donors (Lipinski definition) is 5. The Labute approximate surface area is 312 Å². The largest absolute Gasteiger partial charge is 0.337 e. The molecule has 2 aromatic heterocycles. The Kier molecular flexibility index (Phi) is 17.1. The third kappa shape index (κ3) is 14.2. The molecule has 292 valence electrons. The molecule has 0 radical (unpaired) electrons. The molecule has 0 unspecified atom stereocenters. The summed E-state index contributed by atoms with van der Waals surface area (Å²) in [6.07, 6.45) is 19.9. The van der Waals surface area contributed by atoms with E-state index in [0.717, 1.165) is 31.4 Å². The van der Waals surface area contributed by atoms with Crippen molar-refractivity contribution < 1.29 is 18.0 Å². The van der Waals surface area contributed by atoms with Gasteiger partial charge in [0, 0.05) is 48.3 Å². The number of unbranched alkanes of at least 4 members (excludes halogenated alkanes) is 15. The van der Waals surface area contributed by atoms with Crippen LogP contribution in [0.4, 0.5) is 16.2 Å². The standard InChI is InChI=1S/C39H66N8O4S/c1-8-9-10-11-12-13-14-15-16-17-18-19-20-21-22-23-26-41-52(50,51)33-27-31(42-30(2)48)24-25-32(33)43-37(49)40-29-39(6,7)36-45-44-35-28-34(38(3,4)5)46-47(35)36/h24-25,27-28,41,46H,8-23,26,29H2,1-7H3,(H,42,48)(H2,40,43,49). The molecular weight excluding hydrogens is 677 g/mol. The number of nitrogens with one attached hydrogen (secondary N) is 5. The number of sulfonamides is 1. The highest BCUT2D eigenvalue weighted by atomic mass is 32.2. The molecule has 5 N–H and O–H groups in total. The minimum atomic E-state index is -4.00. The smallest absolute Gasteiger partial charge is 0.319 e. The Balaban J connectivity index is 1.46. The van der Waals surface area contributed by atoms with E-state index < -0.39 is 21.5 Å². The molecule has 2 heterocycles. The number of aromatic nitrogens is 4. The summed E-state index contributed by atoms with van der Waals surface area (Å²) >= 11 is 0. The lowest BCUT2D eigenvalue weighted by Crippen LogP contribution is -2.40. The topological polar surface area (TPSA) is 162 Å². The number of rotatable bonds is 24. The lowest BCUT2D eigenvalue weighted by molar-refractivity contribution is -0.114. The Morgan fingerprint density at radius 2 is 1.33 bits per heavy atom. The van der Waals surface area contributed by atoms with Crippen LogP contribution < -0.4 is 20.7 Å². The highest BCUT2D eigenvalue weighted by molar-refractivity contribution is 7.89. The number of carbonyl (C=O) groups excluding carboxylic acids is 2. The number of hydrogen-bond acceptors (Lipinski definition) is 6. The summed E-state index contributed by atoms with van der Waals surface area (Å²) in [4.78, 5) is 24.7. The van der Waals surface area contributed by atoms with Crippen LogP contribution in [0.25, 0.3) is 5.65 Å². The van der Waals surface area contributed by atoms with Gasteiger partial charge in [0.1, 0.15) is 4.90 Å². The van der Waals surface area contributed by atoms with Crippen molar-refractivity contribution in [2.45, 2.75) is 167 Å². The van der Waals surface area contributed by atoms with E-state index in [1.807, 2.05) is 24.4 Å². The van der Waals surface area contributed by atoms with Crippen LogP contribution in [-0.2, 0) is 25.6 Å². The SMILES string of the molecule is CCCCCCCCCCCCCCCCCCNS(=O)(=O)c1cc(NC(C)=O)ccc1NC(=O)NCC(C)(C)c1nnc2cc(C(C)(C)C)[nH]n12. The van der Waals surface area contributed by atoms with Crippen molar-refractivity contribution in [1.82, 2.24) is 29.9 Å². The van der Waals surface area contributed by atoms with E-state index in [1.165, 1.54) is 96.1 Å². The monoisotopic (exact) mass is 742 g/mol. The molecule has 12 nitrogen and oxygen atoms in total. The number of aromatic amines is 1. The third-order valence-corrected chi connectivity index (χ3v) is 11.0. The van der Waals surface area contributed by atoms with Crippen molar-refractivity contribution in [3.63, 3.8) is 0 Å². The van der Waals surface area contributed by atoms with Gasteiger partial charge in [-0.05, 0) is 24.6 Å². The first-order valence-corrected chi connectivity index (χ1v) is 21.0. The minimum absolute atomic E-state index is 0.103. The average Bonchev–Trinajstić information content (AvgIpc) is 3.68. The van der Waals surface area contributed by atoms with Crippen molar-refractivity contribution >= 4 is 39.0 Å². The number of amides is 3. The predicted molar refractivity (Wildman–Crippen MR) is 212 cm³/mol. The van der Waals surface area contributed by atoms with Crippen LogP contribution >= 0.6 is 0 Å². The first kappa shape index (κ1) is 43.0. The van der Waals surface area contributed by atoms with Crippen LogP contribution in [0.3, 0.4) is 0 Å². The molecule has 0 spiro atoms. The van der Waals surface area contributed by atoms with Gasteiger partial charge in [-0.15, -0.1) is 10.2 Å². The van der Waals surface area contributed by atoms with Crippen LogP contribution in [0.2, 0.25) is 0 Å². The molecule has 1 aromatic carbocycles. The van der Waals surface area contributed by atoms with Crippen molar-refractivity contribution in [3.8, 4) is 0 Å². The minimum Gasteiger partial charge on any atom is -0.337 e. The Bertz CT molecular complexity index is 1660. The Morgan fingerprint density at radius 1 is 0.769 bits per heavy atom. The second-order valence-electron chi connectivity index (χ2n) is 15.9. The Hall–Kier alpha value is -3.45. The summed E-state index contributed by atoms with van der Waals surface area (Å²) in [5, 5.41) is 20.2. The van der Waals surface area contributed by atoms with Gasteiger partial charge in [0.2, 0.25) is 15.9 Å². The molecule has 13 heteroatoms. The van der Waals surface area contributed by atoms with E-state index in [9.17, 15) is 18.0 Å². The van der Waals surface area contributed by atoms with Gasteiger partial charge in [-0.2, -0.15) is 0 Å². The van der Waals surface area contributed by atoms with Gasteiger partial charge in [0.25, 0.3) is 0 Å².